The first kappa shape index (κ1) is 19.3. The van der Waals surface area contributed by atoms with Gasteiger partial charge in [-0.1, -0.05) is 23.7 Å². The number of carbonyl (C=O) groups is 2. The molecule has 2 aromatic carbocycles. The Labute approximate surface area is 165 Å². The van der Waals surface area contributed by atoms with Gasteiger partial charge in [0.1, 0.15) is 30.8 Å². The lowest BCUT2D eigenvalue weighted by molar-refractivity contribution is -0.115. The molecule has 0 unspecified atom stereocenters. The zero-order valence-electron chi connectivity index (χ0n) is 14.1. The standard InChI is InChI=1S/C19H16ClNO5S/c20-13-3-7-16(8-4-13)26-11-14(22)10-25-15-5-1-12(2-6-15)9-17-18(23)21-19(24)27-17/h1-9,14,22H,10-11H2,(H,21,23,24)/b17-9-/t14-/m0/s1. The first-order valence-electron chi connectivity index (χ1n) is 8.04. The monoisotopic (exact) mass is 405 g/mol. The van der Waals surface area contributed by atoms with Crippen LogP contribution in [0.1, 0.15) is 5.56 Å². The number of aliphatic hydroxyl groups excluding tert-OH is 1. The van der Waals surface area contributed by atoms with Crippen LogP contribution in [0.5, 0.6) is 11.5 Å². The van der Waals surface area contributed by atoms with Gasteiger partial charge < -0.3 is 14.6 Å². The summed E-state index contributed by atoms with van der Waals surface area (Å²) in [6, 6.07) is 13.8. The molecule has 0 aromatic heterocycles. The highest BCUT2D eigenvalue weighted by molar-refractivity contribution is 8.18. The molecule has 0 radical (unpaired) electrons. The van der Waals surface area contributed by atoms with Crippen LogP contribution >= 0.6 is 23.4 Å². The van der Waals surface area contributed by atoms with Crippen LogP contribution in [-0.4, -0.2) is 35.6 Å². The van der Waals surface area contributed by atoms with Crippen molar-refractivity contribution in [2.45, 2.75) is 6.10 Å². The van der Waals surface area contributed by atoms with Crippen LogP contribution in [0.15, 0.2) is 53.4 Å². The molecule has 0 bridgehead atoms. The van der Waals surface area contributed by atoms with Crippen molar-refractivity contribution in [1.29, 1.82) is 0 Å². The van der Waals surface area contributed by atoms with E-state index in [9.17, 15) is 14.7 Å². The van der Waals surface area contributed by atoms with Crippen LogP contribution in [0, 0.1) is 0 Å². The van der Waals surface area contributed by atoms with Crippen molar-refractivity contribution in [3.8, 4) is 11.5 Å². The second-order valence-electron chi connectivity index (χ2n) is 5.65. The van der Waals surface area contributed by atoms with Gasteiger partial charge in [-0.25, -0.2) is 0 Å². The summed E-state index contributed by atoms with van der Waals surface area (Å²) in [4.78, 5) is 23.0. The minimum absolute atomic E-state index is 0.0702. The predicted octanol–water partition coefficient (Wildman–Crippen LogP) is 3.48. The molecule has 8 heteroatoms. The molecule has 0 spiro atoms. The van der Waals surface area contributed by atoms with E-state index in [-0.39, 0.29) is 18.5 Å². The quantitative estimate of drug-likeness (QED) is 0.686. The maximum absolute atomic E-state index is 11.5. The Morgan fingerprint density at radius 2 is 1.56 bits per heavy atom. The molecular formula is C19H16ClNO5S. The van der Waals surface area contributed by atoms with E-state index in [4.69, 9.17) is 21.1 Å². The average molecular weight is 406 g/mol. The normalized spacial score (nSPS) is 16.3. The fourth-order valence-corrected chi connectivity index (χ4v) is 3.00. The lowest BCUT2D eigenvalue weighted by Crippen LogP contribution is -2.25. The van der Waals surface area contributed by atoms with Gasteiger partial charge >= 0.3 is 0 Å². The molecule has 3 rings (SSSR count). The van der Waals surface area contributed by atoms with Gasteiger partial charge in [-0.15, -0.1) is 0 Å². The Balaban J connectivity index is 1.47. The fourth-order valence-electron chi connectivity index (χ4n) is 2.20. The number of ether oxygens (including phenoxy) is 2. The molecule has 1 saturated heterocycles. The van der Waals surface area contributed by atoms with Gasteiger partial charge in [0.05, 0.1) is 4.91 Å². The summed E-state index contributed by atoms with van der Waals surface area (Å²) in [6.45, 7) is 0.160. The summed E-state index contributed by atoms with van der Waals surface area (Å²) in [5, 5.41) is 12.4. The summed E-state index contributed by atoms with van der Waals surface area (Å²) in [5.74, 6) is 0.791. The number of benzene rings is 2. The summed E-state index contributed by atoms with van der Waals surface area (Å²) in [7, 11) is 0. The number of imide groups is 1. The van der Waals surface area contributed by atoms with Gasteiger partial charge in [0, 0.05) is 5.02 Å². The van der Waals surface area contributed by atoms with E-state index in [1.807, 2.05) is 0 Å². The van der Waals surface area contributed by atoms with E-state index in [1.54, 1.807) is 54.6 Å². The summed E-state index contributed by atoms with van der Waals surface area (Å²) >= 11 is 6.67. The third-order valence-electron chi connectivity index (χ3n) is 3.52. The van der Waals surface area contributed by atoms with Crippen molar-refractivity contribution in [2.24, 2.45) is 0 Å². The summed E-state index contributed by atoms with van der Waals surface area (Å²) in [5.41, 5.74) is 0.765. The van der Waals surface area contributed by atoms with Crippen molar-refractivity contribution in [1.82, 2.24) is 5.32 Å². The van der Waals surface area contributed by atoms with Crippen LogP contribution in [0.3, 0.4) is 0 Å². The predicted molar refractivity (Wildman–Crippen MR) is 104 cm³/mol. The first-order chi connectivity index (χ1) is 13.0. The summed E-state index contributed by atoms with van der Waals surface area (Å²) < 4.78 is 11.0. The van der Waals surface area contributed by atoms with Crippen molar-refractivity contribution >= 4 is 40.6 Å². The molecule has 2 N–H and O–H groups in total. The lowest BCUT2D eigenvalue weighted by Gasteiger charge is -2.13. The van der Waals surface area contributed by atoms with E-state index >= 15 is 0 Å². The van der Waals surface area contributed by atoms with E-state index in [2.05, 4.69) is 5.32 Å². The Bertz CT molecular complexity index is 851. The highest BCUT2D eigenvalue weighted by atomic mass is 35.5. The highest BCUT2D eigenvalue weighted by Crippen LogP contribution is 2.26. The number of carbonyl (C=O) groups excluding carboxylic acids is 2. The minimum atomic E-state index is -0.799. The van der Waals surface area contributed by atoms with Crippen LogP contribution in [0.4, 0.5) is 4.79 Å². The fraction of sp³-hybridized carbons (Fsp3) is 0.158. The molecule has 140 valence electrons. The number of amides is 2. The summed E-state index contributed by atoms with van der Waals surface area (Å²) in [6.07, 6.45) is 0.829. The van der Waals surface area contributed by atoms with Crippen LogP contribution in [-0.2, 0) is 4.79 Å². The van der Waals surface area contributed by atoms with Crippen molar-refractivity contribution in [3.05, 3.63) is 64.0 Å². The molecule has 1 atom stereocenters. The zero-order valence-corrected chi connectivity index (χ0v) is 15.6. The number of hydrogen-bond acceptors (Lipinski definition) is 6. The van der Waals surface area contributed by atoms with Gasteiger partial charge in [-0.05, 0) is 59.8 Å². The van der Waals surface area contributed by atoms with E-state index < -0.39 is 12.0 Å². The molecule has 1 heterocycles. The van der Waals surface area contributed by atoms with Crippen molar-refractivity contribution in [2.75, 3.05) is 13.2 Å². The van der Waals surface area contributed by atoms with Crippen LogP contribution in [0.25, 0.3) is 6.08 Å². The number of hydrogen-bond donors (Lipinski definition) is 2. The number of aliphatic hydroxyl groups is 1. The molecule has 1 aliphatic rings. The Hall–Kier alpha value is -2.48. The molecule has 0 saturated carbocycles. The smallest absolute Gasteiger partial charge is 0.290 e. The van der Waals surface area contributed by atoms with Gasteiger partial charge in [0.25, 0.3) is 11.1 Å². The topological polar surface area (TPSA) is 84.9 Å². The van der Waals surface area contributed by atoms with Gasteiger partial charge in [-0.2, -0.15) is 0 Å². The van der Waals surface area contributed by atoms with Gasteiger partial charge in [0.2, 0.25) is 0 Å². The Morgan fingerprint density at radius 3 is 2.07 bits per heavy atom. The molecule has 1 aliphatic heterocycles. The highest BCUT2D eigenvalue weighted by Gasteiger charge is 2.24. The molecule has 27 heavy (non-hydrogen) atoms. The lowest BCUT2D eigenvalue weighted by atomic mass is 10.2. The number of rotatable bonds is 7. The van der Waals surface area contributed by atoms with Gasteiger partial charge in [-0.3, -0.25) is 14.9 Å². The van der Waals surface area contributed by atoms with Crippen molar-refractivity contribution < 1.29 is 24.2 Å². The third kappa shape index (κ3) is 5.75. The molecule has 1 fully saturated rings. The van der Waals surface area contributed by atoms with E-state index in [0.717, 1.165) is 17.3 Å². The SMILES string of the molecule is O=C1NC(=O)/C(=C/c2ccc(OC[C@H](O)COc3ccc(Cl)cc3)cc2)S1. The van der Waals surface area contributed by atoms with E-state index in [0.29, 0.717) is 21.4 Å². The first-order valence-corrected chi connectivity index (χ1v) is 9.23. The second-order valence-corrected chi connectivity index (χ2v) is 7.10. The molecule has 2 amide bonds. The molecular weight excluding hydrogens is 390 g/mol. The Kier molecular flexibility index (Phi) is 6.39. The van der Waals surface area contributed by atoms with Crippen LogP contribution < -0.4 is 14.8 Å². The number of thioether (sulfide) groups is 1. The number of nitrogens with one attached hydrogen (secondary N) is 1. The minimum Gasteiger partial charge on any atom is -0.491 e. The van der Waals surface area contributed by atoms with Crippen molar-refractivity contribution in [3.63, 3.8) is 0 Å². The molecule has 0 aliphatic carbocycles. The largest absolute Gasteiger partial charge is 0.491 e. The third-order valence-corrected chi connectivity index (χ3v) is 4.58. The maximum Gasteiger partial charge on any atom is 0.290 e. The van der Waals surface area contributed by atoms with E-state index in [1.165, 1.54) is 0 Å². The number of halogens is 1. The second kappa shape index (κ2) is 8.94. The molecule has 2 aromatic rings. The average Bonchev–Trinajstić information content (AvgIpc) is 2.97. The zero-order chi connectivity index (χ0) is 19.2. The molecule has 6 nitrogen and oxygen atoms in total. The van der Waals surface area contributed by atoms with Crippen LogP contribution in [0.2, 0.25) is 5.02 Å². The van der Waals surface area contributed by atoms with Gasteiger partial charge in [0.15, 0.2) is 0 Å². The maximum atomic E-state index is 11.5. The Morgan fingerprint density at radius 1 is 1.00 bits per heavy atom.